The Morgan fingerprint density at radius 3 is 2.64 bits per heavy atom. The molecule has 0 aliphatic heterocycles. The van der Waals surface area contributed by atoms with Gasteiger partial charge in [0.05, 0.1) is 6.10 Å². The monoisotopic (exact) mass is 201 g/mol. The molecule has 0 aromatic carbocycles. The van der Waals surface area contributed by atoms with Gasteiger partial charge >= 0.3 is 5.97 Å². The second kappa shape index (κ2) is 7.08. The third kappa shape index (κ3) is 7.30. The molecule has 0 saturated heterocycles. The molecule has 5 heteroatoms. The van der Waals surface area contributed by atoms with Crippen LogP contribution in [0.1, 0.15) is 13.8 Å². The van der Waals surface area contributed by atoms with Crippen molar-refractivity contribution in [2.24, 2.45) is 0 Å². The van der Waals surface area contributed by atoms with Gasteiger partial charge in [-0.2, -0.15) is 0 Å². The number of carbonyl (C=O) groups is 2. The van der Waals surface area contributed by atoms with Crippen LogP contribution in [0.2, 0.25) is 0 Å². The lowest BCUT2D eigenvalue weighted by molar-refractivity contribution is -0.131. The molecule has 1 unspecified atom stereocenters. The highest BCUT2D eigenvalue weighted by Gasteiger charge is 2.02. The fraction of sp³-hybridized carbons (Fsp3) is 0.556. The van der Waals surface area contributed by atoms with E-state index in [0.29, 0.717) is 13.2 Å². The zero-order valence-corrected chi connectivity index (χ0v) is 8.32. The first kappa shape index (κ1) is 12.6. The summed E-state index contributed by atoms with van der Waals surface area (Å²) in [5.74, 6) is -1.57. The summed E-state index contributed by atoms with van der Waals surface area (Å²) < 4.78 is 5.16. The summed E-state index contributed by atoms with van der Waals surface area (Å²) in [6.07, 6.45) is 1.70. The summed E-state index contributed by atoms with van der Waals surface area (Å²) in [7, 11) is 0. The first-order chi connectivity index (χ1) is 6.56. The summed E-state index contributed by atoms with van der Waals surface area (Å²) in [6.45, 7) is 4.64. The van der Waals surface area contributed by atoms with Crippen molar-refractivity contribution in [1.29, 1.82) is 0 Å². The number of hydrogen-bond donors (Lipinski definition) is 2. The molecule has 2 N–H and O–H groups in total. The molecule has 0 aromatic heterocycles. The van der Waals surface area contributed by atoms with E-state index in [0.717, 1.165) is 12.2 Å². The van der Waals surface area contributed by atoms with Crippen molar-refractivity contribution < 1.29 is 19.4 Å². The number of amides is 1. The number of nitrogens with one attached hydrogen (secondary N) is 1. The lowest BCUT2D eigenvalue weighted by Gasteiger charge is -2.10. The average molecular weight is 201 g/mol. The molecular weight excluding hydrogens is 186 g/mol. The van der Waals surface area contributed by atoms with Crippen LogP contribution in [0.4, 0.5) is 0 Å². The standard InChI is InChI=1S/C9H15NO4/c1-3-14-7(2)6-10-8(11)4-5-9(12)13/h4-5,7H,3,6H2,1-2H3,(H,10,11)(H,12,13)/b5-4+. The first-order valence-electron chi connectivity index (χ1n) is 4.36. The topological polar surface area (TPSA) is 75.6 Å². The highest BCUT2D eigenvalue weighted by molar-refractivity contribution is 5.93. The third-order valence-corrected chi connectivity index (χ3v) is 1.39. The number of carboxylic acid groups (broad SMARTS) is 1. The predicted octanol–water partition coefficient (Wildman–Crippen LogP) is 0.168. The molecule has 14 heavy (non-hydrogen) atoms. The smallest absolute Gasteiger partial charge is 0.328 e. The number of ether oxygens (including phenoxy) is 1. The lowest BCUT2D eigenvalue weighted by Crippen LogP contribution is -2.30. The zero-order chi connectivity index (χ0) is 11.0. The number of rotatable bonds is 6. The molecule has 0 saturated carbocycles. The molecule has 0 aromatic rings. The Morgan fingerprint density at radius 1 is 1.50 bits per heavy atom. The van der Waals surface area contributed by atoms with Crippen molar-refractivity contribution in [1.82, 2.24) is 5.32 Å². The van der Waals surface area contributed by atoms with Crippen molar-refractivity contribution in [3.63, 3.8) is 0 Å². The fourth-order valence-electron chi connectivity index (χ4n) is 0.794. The van der Waals surface area contributed by atoms with Gasteiger partial charge in [0, 0.05) is 25.3 Å². The molecule has 80 valence electrons. The Hall–Kier alpha value is -1.36. The van der Waals surface area contributed by atoms with Crippen molar-refractivity contribution in [3.05, 3.63) is 12.2 Å². The van der Waals surface area contributed by atoms with Gasteiger partial charge in [0.1, 0.15) is 0 Å². The maximum atomic E-state index is 10.9. The SMILES string of the molecule is CCOC(C)CNC(=O)/C=C/C(=O)O. The fourth-order valence-corrected chi connectivity index (χ4v) is 0.794. The van der Waals surface area contributed by atoms with Gasteiger partial charge in [0.2, 0.25) is 5.91 Å². The molecule has 0 aliphatic rings. The minimum atomic E-state index is -1.14. The van der Waals surface area contributed by atoms with E-state index in [1.165, 1.54) is 0 Å². The molecule has 1 amide bonds. The quantitative estimate of drug-likeness (QED) is 0.600. The van der Waals surface area contributed by atoms with Crippen LogP contribution < -0.4 is 5.32 Å². The van der Waals surface area contributed by atoms with E-state index in [9.17, 15) is 9.59 Å². The lowest BCUT2D eigenvalue weighted by atomic mass is 10.4. The Morgan fingerprint density at radius 2 is 2.14 bits per heavy atom. The van der Waals surface area contributed by atoms with Gasteiger partial charge in [0.15, 0.2) is 0 Å². The predicted molar refractivity (Wildman–Crippen MR) is 50.9 cm³/mol. The Kier molecular flexibility index (Phi) is 6.39. The summed E-state index contributed by atoms with van der Waals surface area (Å²) in [5.41, 5.74) is 0. The summed E-state index contributed by atoms with van der Waals surface area (Å²) in [5, 5.41) is 10.7. The molecule has 0 heterocycles. The van der Waals surface area contributed by atoms with E-state index < -0.39 is 11.9 Å². The second-order valence-electron chi connectivity index (χ2n) is 2.68. The highest BCUT2D eigenvalue weighted by Crippen LogP contribution is 1.87. The van der Waals surface area contributed by atoms with Crippen LogP contribution in [0.25, 0.3) is 0 Å². The molecule has 0 bridgehead atoms. The number of carbonyl (C=O) groups excluding carboxylic acids is 1. The zero-order valence-electron chi connectivity index (χ0n) is 8.32. The molecule has 5 nitrogen and oxygen atoms in total. The van der Waals surface area contributed by atoms with Gasteiger partial charge in [-0.15, -0.1) is 0 Å². The van der Waals surface area contributed by atoms with Crippen LogP contribution >= 0.6 is 0 Å². The van der Waals surface area contributed by atoms with Crippen LogP contribution in [0, 0.1) is 0 Å². The molecular formula is C9H15NO4. The van der Waals surface area contributed by atoms with E-state index in [-0.39, 0.29) is 6.10 Å². The minimum absolute atomic E-state index is 0.0674. The molecule has 0 fully saturated rings. The van der Waals surface area contributed by atoms with Gasteiger partial charge in [-0.1, -0.05) is 0 Å². The van der Waals surface area contributed by atoms with Gasteiger partial charge in [-0.05, 0) is 13.8 Å². The Bertz CT molecular complexity index is 225. The van der Waals surface area contributed by atoms with Crippen molar-refractivity contribution in [2.45, 2.75) is 20.0 Å². The van der Waals surface area contributed by atoms with Crippen LogP contribution in [-0.2, 0) is 14.3 Å². The second-order valence-corrected chi connectivity index (χ2v) is 2.68. The van der Waals surface area contributed by atoms with Crippen LogP contribution in [0.15, 0.2) is 12.2 Å². The highest BCUT2D eigenvalue weighted by atomic mass is 16.5. The van der Waals surface area contributed by atoms with Gasteiger partial charge in [-0.3, -0.25) is 4.79 Å². The summed E-state index contributed by atoms with van der Waals surface area (Å²) in [6, 6.07) is 0. The number of hydrogen-bond acceptors (Lipinski definition) is 3. The molecule has 0 rings (SSSR count). The van der Waals surface area contributed by atoms with E-state index >= 15 is 0 Å². The third-order valence-electron chi connectivity index (χ3n) is 1.39. The van der Waals surface area contributed by atoms with E-state index in [1.54, 1.807) is 0 Å². The number of aliphatic carboxylic acids is 1. The molecule has 0 radical (unpaired) electrons. The van der Waals surface area contributed by atoms with E-state index in [4.69, 9.17) is 9.84 Å². The van der Waals surface area contributed by atoms with Crippen LogP contribution in [-0.4, -0.2) is 36.2 Å². The maximum Gasteiger partial charge on any atom is 0.328 e. The van der Waals surface area contributed by atoms with Gasteiger partial charge in [-0.25, -0.2) is 4.79 Å². The van der Waals surface area contributed by atoms with Crippen molar-refractivity contribution in [3.8, 4) is 0 Å². The summed E-state index contributed by atoms with van der Waals surface area (Å²) in [4.78, 5) is 21.0. The first-order valence-corrected chi connectivity index (χ1v) is 4.36. The van der Waals surface area contributed by atoms with E-state index in [2.05, 4.69) is 5.32 Å². The van der Waals surface area contributed by atoms with Gasteiger partial charge in [0.25, 0.3) is 0 Å². The number of carboxylic acids is 1. The van der Waals surface area contributed by atoms with Crippen molar-refractivity contribution in [2.75, 3.05) is 13.2 Å². The summed E-state index contributed by atoms with van der Waals surface area (Å²) >= 11 is 0. The normalized spacial score (nSPS) is 12.7. The molecule has 1 atom stereocenters. The minimum Gasteiger partial charge on any atom is -0.478 e. The molecule has 0 aliphatic carbocycles. The maximum absolute atomic E-state index is 10.9. The largest absolute Gasteiger partial charge is 0.478 e. The van der Waals surface area contributed by atoms with Crippen molar-refractivity contribution >= 4 is 11.9 Å². The molecule has 0 spiro atoms. The average Bonchev–Trinajstić information content (AvgIpc) is 2.12. The van der Waals surface area contributed by atoms with Crippen LogP contribution in [0.5, 0.6) is 0 Å². The van der Waals surface area contributed by atoms with E-state index in [1.807, 2.05) is 13.8 Å². The Labute approximate surface area is 82.7 Å². The van der Waals surface area contributed by atoms with Gasteiger partial charge < -0.3 is 15.2 Å². The Balaban J connectivity index is 3.68. The van der Waals surface area contributed by atoms with Crippen LogP contribution in [0.3, 0.4) is 0 Å².